The number of amides is 2. The smallest absolute Gasteiger partial charge is 0.252 e. The molecule has 0 aromatic heterocycles. The highest BCUT2D eigenvalue weighted by atomic mass is 79.9. The fourth-order valence-electron chi connectivity index (χ4n) is 2.11. The van der Waals surface area contributed by atoms with Crippen molar-refractivity contribution < 1.29 is 18.4 Å². The Labute approximate surface area is 123 Å². The molecule has 1 aliphatic rings. The third-order valence-electron chi connectivity index (χ3n) is 3.02. The van der Waals surface area contributed by atoms with Gasteiger partial charge in [0.2, 0.25) is 5.91 Å². The van der Waals surface area contributed by atoms with Crippen LogP contribution in [0.25, 0.3) is 0 Å². The molecular weight excluding hydrogens is 334 g/mol. The molecule has 7 heteroatoms. The highest BCUT2D eigenvalue weighted by Gasteiger charge is 2.38. The van der Waals surface area contributed by atoms with E-state index in [1.807, 2.05) is 6.92 Å². The molecule has 1 aliphatic heterocycles. The van der Waals surface area contributed by atoms with Gasteiger partial charge in [0.1, 0.15) is 23.4 Å². The van der Waals surface area contributed by atoms with Gasteiger partial charge in [-0.1, -0.05) is 22.9 Å². The van der Waals surface area contributed by atoms with Crippen LogP contribution in [-0.4, -0.2) is 29.3 Å². The molecule has 0 radical (unpaired) electrons. The van der Waals surface area contributed by atoms with Crippen molar-refractivity contribution in [1.82, 2.24) is 4.90 Å². The molecule has 1 atom stereocenters. The van der Waals surface area contributed by atoms with Crippen molar-refractivity contribution in [2.75, 3.05) is 11.9 Å². The largest absolute Gasteiger partial charge is 0.368 e. The Morgan fingerprint density at radius 1 is 1.35 bits per heavy atom. The molecule has 0 bridgehead atoms. The maximum atomic E-state index is 13.7. The average Bonchev–Trinajstić information content (AvgIpc) is 2.62. The van der Waals surface area contributed by atoms with Crippen LogP contribution in [0.2, 0.25) is 0 Å². The summed E-state index contributed by atoms with van der Waals surface area (Å²) < 4.78 is 27.6. The van der Waals surface area contributed by atoms with E-state index in [1.54, 1.807) is 0 Å². The standard InChI is InChI=1S/C13H13BrF2N2O2/c1-2-3-18-11(19)6-10(13(18)20)17-12-8(15)4-7(14)5-9(12)16/h4-5,10,17H,2-3,6H2,1H3. The summed E-state index contributed by atoms with van der Waals surface area (Å²) in [5.74, 6) is -2.40. The number of halogens is 3. The molecule has 0 aliphatic carbocycles. The van der Waals surface area contributed by atoms with Crippen LogP contribution in [-0.2, 0) is 9.59 Å². The van der Waals surface area contributed by atoms with E-state index in [1.165, 1.54) is 0 Å². The van der Waals surface area contributed by atoms with E-state index in [-0.39, 0.29) is 16.8 Å². The Bertz CT molecular complexity index is 542. The summed E-state index contributed by atoms with van der Waals surface area (Å²) in [7, 11) is 0. The summed E-state index contributed by atoms with van der Waals surface area (Å²) in [6.45, 7) is 2.16. The zero-order chi connectivity index (χ0) is 14.9. The molecule has 1 heterocycles. The first-order valence-electron chi connectivity index (χ1n) is 6.19. The Hall–Kier alpha value is -1.50. The Morgan fingerprint density at radius 2 is 1.95 bits per heavy atom. The molecule has 1 unspecified atom stereocenters. The number of nitrogens with one attached hydrogen (secondary N) is 1. The Balaban J connectivity index is 2.20. The minimum absolute atomic E-state index is 0.0895. The number of hydrogen-bond donors (Lipinski definition) is 1. The van der Waals surface area contributed by atoms with Crippen LogP contribution in [0, 0.1) is 11.6 Å². The molecule has 20 heavy (non-hydrogen) atoms. The topological polar surface area (TPSA) is 49.4 Å². The molecule has 2 rings (SSSR count). The number of nitrogens with zero attached hydrogens (tertiary/aromatic N) is 1. The number of hydrogen-bond acceptors (Lipinski definition) is 3. The Morgan fingerprint density at radius 3 is 2.50 bits per heavy atom. The lowest BCUT2D eigenvalue weighted by Crippen LogP contribution is -2.35. The second kappa shape index (κ2) is 5.87. The van der Waals surface area contributed by atoms with E-state index in [0.29, 0.717) is 13.0 Å². The molecule has 1 fully saturated rings. The highest BCUT2D eigenvalue weighted by molar-refractivity contribution is 9.10. The van der Waals surface area contributed by atoms with Gasteiger partial charge >= 0.3 is 0 Å². The second-order valence-corrected chi connectivity index (χ2v) is 5.44. The van der Waals surface area contributed by atoms with Crippen LogP contribution in [0.4, 0.5) is 14.5 Å². The predicted octanol–water partition coefficient (Wildman–Crippen LogP) is 2.68. The predicted molar refractivity (Wildman–Crippen MR) is 73.1 cm³/mol. The van der Waals surface area contributed by atoms with Gasteiger partial charge in [0.25, 0.3) is 5.91 Å². The number of rotatable bonds is 4. The lowest BCUT2D eigenvalue weighted by Gasteiger charge is -2.16. The summed E-state index contributed by atoms with van der Waals surface area (Å²) in [5, 5.41) is 2.49. The molecule has 4 nitrogen and oxygen atoms in total. The van der Waals surface area contributed by atoms with E-state index >= 15 is 0 Å². The quantitative estimate of drug-likeness (QED) is 0.852. The van der Waals surface area contributed by atoms with E-state index in [4.69, 9.17) is 0 Å². The molecule has 0 saturated carbocycles. The fourth-order valence-corrected chi connectivity index (χ4v) is 2.51. The van der Waals surface area contributed by atoms with Crippen molar-refractivity contribution in [2.24, 2.45) is 0 Å². The molecule has 1 N–H and O–H groups in total. The zero-order valence-electron chi connectivity index (χ0n) is 10.8. The van der Waals surface area contributed by atoms with Gasteiger partial charge < -0.3 is 5.32 Å². The van der Waals surface area contributed by atoms with Gasteiger partial charge in [-0.2, -0.15) is 0 Å². The van der Waals surface area contributed by atoms with Crippen molar-refractivity contribution >= 4 is 33.4 Å². The molecule has 108 valence electrons. The molecular formula is C13H13BrF2N2O2. The van der Waals surface area contributed by atoms with Crippen molar-refractivity contribution in [1.29, 1.82) is 0 Å². The molecule has 1 aromatic carbocycles. The SMILES string of the molecule is CCCN1C(=O)CC(Nc2c(F)cc(Br)cc2F)C1=O. The lowest BCUT2D eigenvalue weighted by molar-refractivity contribution is -0.138. The van der Waals surface area contributed by atoms with Crippen molar-refractivity contribution in [3.63, 3.8) is 0 Å². The van der Waals surface area contributed by atoms with E-state index in [9.17, 15) is 18.4 Å². The third-order valence-corrected chi connectivity index (χ3v) is 3.47. The van der Waals surface area contributed by atoms with Gasteiger partial charge in [0.05, 0.1) is 6.42 Å². The molecule has 2 amide bonds. The molecule has 1 saturated heterocycles. The number of anilines is 1. The van der Waals surface area contributed by atoms with Crippen molar-refractivity contribution in [3.05, 3.63) is 28.2 Å². The van der Waals surface area contributed by atoms with Crippen LogP contribution in [0.15, 0.2) is 16.6 Å². The summed E-state index contributed by atoms with van der Waals surface area (Å²) in [6.07, 6.45) is 0.555. The number of carbonyl (C=O) groups is 2. The fraction of sp³-hybridized carbons (Fsp3) is 0.385. The number of imide groups is 1. The molecule has 1 aromatic rings. The van der Waals surface area contributed by atoms with Crippen molar-refractivity contribution in [2.45, 2.75) is 25.8 Å². The minimum Gasteiger partial charge on any atom is -0.368 e. The van der Waals surface area contributed by atoms with Crippen LogP contribution >= 0.6 is 15.9 Å². The zero-order valence-corrected chi connectivity index (χ0v) is 12.3. The van der Waals surface area contributed by atoms with Gasteiger partial charge in [0.15, 0.2) is 0 Å². The van der Waals surface area contributed by atoms with Crippen LogP contribution in [0.3, 0.4) is 0 Å². The molecule has 0 spiro atoms. The number of likely N-dealkylation sites (tertiary alicyclic amines) is 1. The van der Waals surface area contributed by atoms with Gasteiger partial charge in [-0.3, -0.25) is 14.5 Å². The Kier molecular flexibility index (Phi) is 4.37. The summed E-state index contributed by atoms with van der Waals surface area (Å²) in [5.41, 5.74) is -0.391. The van der Waals surface area contributed by atoms with Crippen LogP contribution in [0.1, 0.15) is 19.8 Å². The summed E-state index contributed by atoms with van der Waals surface area (Å²) in [4.78, 5) is 24.8. The first-order valence-corrected chi connectivity index (χ1v) is 6.98. The second-order valence-electron chi connectivity index (χ2n) is 4.53. The van der Waals surface area contributed by atoms with Gasteiger partial charge in [0, 0.05) is 11.0 Å². The minimum atomic E-state index is -0.917. The summed E-state index contributed by atoms with van der Waals surface area (Å²) >= 11 is 2.97. The summed E-state index contributed by atoms with van der Waals surface area (Å²) in [6, 6.07) is 1.27. The third kappa shape index (κ3) is 2.82. The van der Waals surface area contributed by atoms with Gasteiger partial charge in [-0.05, 0) is 18.6 Å². The number of carbonyl (C=O) groups excluding carboxylic acids is 2. The highest BCUT2D eigenvalue weighted by Crippen LogP contribution is 2.26. The first kappa shape index (κ1) is 14.9. The normalized spacial score (nSPS) is 18.8. The average molecular weight is 347 g/mol. The first-order chi connectivity index (χ1) is 9.43. The van der Waals surface area contributed by atoms with E-state index in [0.717, 1.165) is 17.0 Å². The van der Waals surface area contributed by atoms with E-state index < -0.39 is 29.3 Å². The maximum Gasteiger partial charge on any atom is 0.252 e. The van der Waals surface area contributed by atoms with E-state index in [2.05, 4.69) is 21.2 Å². The van der Waals surface area contributed by atoms with Crippen LogP contribution in [0.5, 0.6) is 0 Å². The van der Waals surface area contributed by atoms with Gasteiger partial charge in [-0.15, -0.1) is 0 Å². The number of benzene rings is 1. The monoisotopic (exact) mass is 346 g/mol. The van der Waals surface area contributed by atoms with Crippen molar-refractivity contribution in [3.8, 4) is 0 Å². The van der Waals surface area contributed by atoms with Gasteiger partial charge in [-0.25, -0.2) is 8.78 Å². The van der Waals surface area contributed by atoms with Crippen LogP contribution < -0.4 is 5.32 Å². The lowest BCUT2D eigenvalue weighted by atomic mass is 10.2. The maximum absolute atomic E-state index is 13.7.